The standard InChI is InChI=1S/C18H15ClN2O2/c1-2-23-18(22)17-16(13-5-3-12(11-20)4-6-13)21(17)15-9-7-14(19)8-10-15/h3-10,16-17H,2H2,1H3/t16-,17-,21?/m1/s1. The summed E-state index contributed by atoms with van der Waals surface area (Å²) in [6, 6.07) is 16.3. The molecule has 0 radical (unpaired) electrons. The first-order chi connectivity index (χ1) is 11.2. The Balaban J connectivity index is 1.90. The molecule has 0 spiro atoms. The van der Waals surface area contributed by atoms with Crippen molar-refractivity contribution in [2.75, 3.05) is 11.5 Å². The third-order valence-corrected chi connectivity index (χ3v) is 4.09. The number of nitriles is 1. The van der Waals surface area contributed by atoms with Gasteiger partial charge in [-0.3, -0.25) is 0 Å². The molecule has 1 fully saturated rings. The second-order valence-electron chi connectivity index (χ2n) is 5.26. The van der Waals surface area contributed by atoms with Gasteiger partial charge in [-0.1, -0.05) is 23.7 Å². The highest BCUT2D eigenvalue weighted by Crippen LogP contribution is 2.47. The first-order valence-corrected chi connectivity index (χ1v) is 7.74. The molecule has 2 aromatic carbocycles. The Hall–Kier alpha value is -2.51. The van der Waals surface area contributed by atoms with Crippen molar-refractivity contribution >= 4 is 23.3 Å². The minimum absolute atomic E-state index is 0.0806. The van der Waals surface area contributed by atoms with Gasteiger partial charge in [-0.2, -0.15) is 5.26 Å². The highest BCUT2D eigenvalue weighted by Gasteiger charge is 2.54. The van der Waals surface area contributed by atoms with Gasteiger partial charge in [0, 0.05) is 10.7 Å². The van der Waals surface area contributed by atoms with E-state index >= 15 is 0 Å². The number of halogens is 1. The van der Waals surface area contributed by atoms with E-state index in [0.717, 1.165) is 11.3 Å². The van der Waals surface area contributed by atoms with Crippen molar-refractivity contribution in [2.45, 2.75) is 19.0 Å². The number of benzene rings is 2. The summed E-state index contributed by atoms with van der Waals surface area (Å²) in [7, 11) is 0. The van der Waals surface area contributed by atoms with Crippen LogP contribution in [0.4, 0.5) is 5.69 Å². The molecule has 0 aliphatic carbocycles. The van der Waals surface area contributed by atoms with Gasteiger partial charge in [-0.05, 0) is 48.9 Å². The highest BCUT2D eigenvalue weighted by atomic mass is 35.5. The van der Waals surface area contributed by atoms with E-state index in [1.54, 1.807) is 31.2 Å². The van der Waals surface area contributed by atoms with Crippen molar-refractivity contribution in [3.05, 3.63) is 64.7 Å². The Morgan fingerprint density at radius 3 is 2.43 bits per heavy atom. The second kappa shape index (κ2) is 6.31. The fourth-order valence-electron chi connectivity index (χ4n) is 2.73. The van der Waals surface area contributed by atoms with Crippen molar-refractivity contribution in [1.82, 2.24) is 0 Å². The van der Waals surface area contributed by atoms with Crippen LogP contribution in [0.25, 0.3) is 0 Å². The number of carbonyl (C=O) groups excluding carboxylic acids is 1. The van der Waals surface area contributed by atoms with E-state index in [9.17, 15) is 4.79 Å². The van der Waals surface area contributed by atoms with Crippen molar-refractivity contribution in [1.29, 1.82) is 5.26 Å². The van der Waals surface area contributed by atoms with Crippen LogP contribution in [0.15, 0.2) is 48.5 Å². The molecule has 116 valence electrons. The quantitative estimate of drug-likeness (QED) is 0.635. The summed E-state index contributed by atoms with van der Waals surface area (Å²) >= 11 is 5.93. The summed E-state index contributed by atoms with van der Waals surface area (Å²) in [5.74, 6) is -0.239. The third-order valence-electron chi connectivity index (χ3n) is 3.84. The van der Waals surface area contributed by atoms with Gasteiger partial charge in [-0.15, -0.1) is 0 Å². The van der Waals surface area contributed by atoms with E-state index < -0.39 is 0 Å². The van der Waals surface area contributed by atoms with Crippen LogP contribution in [0.3, 0.4) is 0 Å². The SMILES string of the molecule is CCOC(=O)[C@H]1[C@@H](c2ccc(C#N)cc2)N1c1ccc(Cl)cc1. The molecule has 5 heteroatoms. The van der Waals surface area contributed by atoms with Crippen LogP contribution >= 0.6 is 11.6 Å². The molecular formula is C18H15ClN2O2. The zero-order chi connectivity index (χ0) is 16.4. The third kappa shape index (κ3) is 3.01. The predicted molar refractivity (Wildman–Crippen MR) is 88.3 cm³/mol. The van der Waals surface area contributed by atoms with E-state index in [4.69, 9.17) is 21.6 Å². The molecule has 1 heterocycles. The number of hydrogen-bond donors (Lipinski definition) is 0. The average molecular weight is 327 g/mol. The molecule has 23 heavy (non-hydrogen) atoms. The molecule has 0 bridgehead atoms. The lowest BCUT2D eigenvalue weighted by Gasteiger charge is -2.06. The van der Waals surface area contributed by atoms with Crippen molar-refractivity contribution in [3.63, 3.8) is 0 Å². The summed E-state index contributed by atoms with van der Waals surface area (Å²) in [6.07, 6.45) is 0. The summed E-state index contributed by atoms with van der Waals surface area (Å²) in [6.45, 7) is 2.15. The Labute approximate surface area is 139 Å². The molecule has 0 unspecified atom stereocenters. The maximum atomic E-state index is 12.2. The molecule has 0 saturated carbocycles. The van der Waals surface area contributed by atoms with Gasteiger partial charge in [0.05, 0.1) is 24.3 Å². The molecule has 4 nitrogen and oxygen atoms in total. The number of rotatable bonds is 4. The lowest BCUT2D eigenvalue weighted by molar-refractivity contribution is -0.142. The zero-order valence-electron chi connectivity index (χ0n) is 12.6. The van der Waals surface area contributed by atoms with Crippen LogP contribution in [-0.4, -0.2) is 18.6 Å². The fraction of sp³-hybridized carbons (Fsp3) is 0.222. The fourth-order valence-corrected chi connectivity index (χ4v) is 2.86. The van der Waals surface area contributed by atoms with Crippen molar-refractivity contribution in [3.8, 4) is 6.07 Å². The van der Waals surface area contributed by atoms with E-state index in [1.165, 1.54) is 0 Å². The predicted octanol–water partition coefficient (Wildman–Crippen LogP) is 3.70. The maximum Gasteiger partial charge on any atom is 0.331 e. The average Bonchev–Trinajstić information content (AvgIpc) is 3.31. The number of ether oxygens (including phenoxy) is 1. The van der Waals surface area contributed by atoms with Gasteiger partial charge < -0.3 is 9.64 Å². The topological polar surface area (TPSA) is 53.1 Å². The van der Waals surface area contributed by atoms with Crippen LogP contribution in [0.5, 0.6) is 0 Å². The molecule has 3 rings (SSSR count). The molecule has 0 amide bonds. The molecule has 2 aromatic rings. The van der Waals surface area contributed by atoms with Crippen LogP contribution in [0.2, 0.25) is 5.02 Å². The number of esters is 1. The zero-order valence-corrected chi connectivity index (χ0v) is 13.3. The van der Waals surface area contributed by atoms with Crippen LogP contribution in [-0.2, 0) is 9.53 Å². The smallest absolute Gasteiger partial charge is 0.331 e. The van der Waals surface area contributed by atoms with Crippen molar-refractivity contribution < 1.29 is 9.53 Å². The Kier molecular flexibility index (Phi) is 4.22. The van der Waals surface area contributed by atoms with E-state index in [1.807, 2.05) is 29.2 Å². The summed E-state index contributed by atoms with van der Waals surface area (Å²) in [5.41, 5.74) is 2.50. The van der Waals surface area contributed by atoms with Gasteiger partial charge in [0.25, 0.3) is 0 Å². The van der Waals surface area contributed by atoms with Gasteiger partial charge in [-0.25, -0.2) is 4.79 Å². The normalized spacial score (nSPS) is 19.1. The summed E-state index contributed by atoms with van der Waals surface area (Å²) < 4.78 is 5.18. The van der Waals surface area contributed by atoms with Gasteiger partial charge in [0.1, 0.15) is 0 Å². The van der Waals surface area contributed by atoms with Gasteiger partial charge in [0.2, 0.25) is 0 Å². The van der Waals surface area contributed by atoms with E-state index in [-0.39, 0.29) is 18.1 Å². The molecule has 2 atom stereocenters. The highest BCUT2D eigenvalue weighted by molar-refractivity contribution is 6.30. The van der Waals surface area contributed by atoms with Gasteiger partial charge >= 0.3 is 5.97 Å². The Morgan fingerprint density at radius 2 is 1.87 bits per heavy atom. The lowest BCUT2D eigenvalue weighted by Crippen LogP contribution is -2.15. The Bertz CT molecular complexity index is 750. The number of carbonyl (C=O) groups is 1. The lowest BCUT2D eigenvalue weighted by atomic mass is 10.1. The largest absolute Gasteiger partial charge is 0.464 e. The van der Waals surface area contributed by atoms with E-state index in [2.05, 4.69) is 6.07 Å². The first kappa shape index (κ1) is 15.4. The van der Waals surface area contributed by atoms with Crippen LogP contribution in [0.1, 0.15) is 24.1 Å². The number of nitrogens with zero attached hydrogens (tertiary/aromatic N) is 2. The molecular weight excluding hydrogens is 312 g/mol. The van der Waals surface area contributed by atoms with Crippen molar-refractivity contribution in [2.24, 2.45) is 0 Å². The first-order valence-electron chi connectivity index (χ1n) is 7.36. The minimum Gasteiger partial charge on any atom is -0.464 e. The van der Waals surface area contributed by atoms with E-state index in [0.29, 0.717) is 17.2 Å². The monoisotopic (exact) mass is 326 g/mol. The molecule has 0 aromatic heterocycles. The maximum absolute atomic E-state index is 12.2. The summed E-state index contributed by atoms with van der Waals surface area (Å²) in [4.78, 5) is 14.2. The Morgan fingerprint density at radius 1 is 1.22 bits per heavy atom. The second-order valence-corrected chi connectivity index (χ2v) is 5.70. The molecule has 0 N–H and O–H groups in total. The van der Waals surface area contributed by atoms with Crippen LogP contribution < -0.4 is 4.90 Å². The number of hydrogen-bond acceptors (Lipinski definition) is 4. The summed E-state index contributed by atoms with van der Waals surface area (Å²) in [5, 5.41) is 9.55. The minimum atomic E-state index is -0.343. The van der Waals surface area contributed by atoms with Gasteiger partial charge in [0.15, 0.2) is 6.04 Å². The molecule has 1 aliphatic heterocycles. The molecule has 1 aliphatic rings. The molecule has 1 saturated heterocycles. The van der Waals surface area contributed by atoms with Crippen LogP contribution in [0, 0.1) is 11.3 Å². The number of anilines is 1.